The van der Waals surface area contributed by atoms with E-state index in [2.05, 4.69) is 44.2 Å². The van der Waals surface area contributed by atoms with Crippen molar-refractivity contribution in [2.45, 2.75) is 67.8 Å². The summed E-state index contributed by atoms with van der Waals surface area (Å²) in [6.45, 7) is 2.28. The zero-order valence-electron chi connectivity index (χ0n) is 9.77. The summed E-state index contributed by atoms with van der Waals surface area (Å²) in [5.41, 5.74) is 7.56. The monoisotopic (exact) mass is 360 g/mol. The molecule has 0 aromatic rings. The SMILES string of the molecule is CCCCCCCC[As](C)(C)(C)I. The molecule has 0 rings (SSSR count). The first-order chi connectivity index (χ1) is 5.81. The van der Waals surface area contributed by atoms with Gasteiger partial charge < -0.3 is 0 Å². The molecular formula is C11H26AsI. The van der Waals surface area contributed by atoms with Gasteiger partial charge in [0, 0.05) is 0 Å². The zero-order chi connectivity index (χ0) is 10.4. The maximum atomic E-state index is 2.76. The van der Waals surface area contributed by atoms with Crippen LogP contribution in [0.4, 0.5) is 0 Å². The molecule has 0 aliphatic carbocycles. The van der Waals surface area contributed by atoms with Gasteiger partial charge in [0.15, 0.2) is 0 Å². The predicted molar refractivity (Wildman–Crippen MR) is 75.5 cm³/mol. The van der Waals surface area contributed by atoms with Gasteiger partial charge in [-0.05, 0) is 0 Å². The molecule has 0 aromatic heterocycles. The first kappa shape index (κ1) is 14.3. The van der Waals surface area contributed by atoms with Crippen molar-refractivity contribution in [3.8, 4) is 0 Å². The quantitative estimate of drug-likeness (QED) is 0.316. The van der Waals surface area contributed by atoms with Crippen LogP contribution >= 0.6 is 20.1 Å². The molecule has 13 heavy (non-hydrogen) atoms. The van der Waals surface area contributed by atoms with E-state index >= 15 is 0 Å². The van der Waals surface area contributed by atoms with Crippen LogP contribution in [0, 0.1) is 0 Å². The molecule has 0 atom stereocenters. The Kier molecular flexibility index (Phi) is 6.59. The second-order valence-electron chi connectivity index (χ2n) is 5.41. The van der Waals surface area contributed by atoms with Crippen molar-refractivity contribution < 1.29 is 0 Å². The Morgan fingerprint density at radius 2 is 1.31 bits per heavy atom. The number of unbranched alkanes of at least 4 members (excludes halogenated alkanes) is 5. The van der Waals surface area contributed by atoms with Gasteiger partial charge in [0.1, 0.15) is 0 Å². The Morgan fingerprint density at radius 3 is 1.77 bits per heavy atom. The fourth-order valence-electron chi connectivity index (χ4n) is 1.43. The van der Waals surface area contributed by atoms with Crippen LogP contribution in [0.3, 0.4) is 0 Å². The number of halogens is 1. The molecule has 0 fully saturated rings. The average Bonchev–Trinajstić information content (AvgIpc) is 1.93. The van der Waals surface area contributed by atoms with E-state index in [9.17, 15) is 0 Å². The Labute approximate surface area is 96.4 Å². The molecule has 0 aliphatic heterocycles. The standard InChI is InChI=1S/C11H26AsI/c1-5-6-7-8-9-10-11-12(2,3,4)13/h5-11H2,1-4H3. The summed E-state index contributed by atoms with van der Waals surface area (Å²) in [5.74, 6) is 0. The van der Waals surface area contributed by atoms with E-state index in [-0.39, 0.29) is 0 Å². The van der Waals surface area contributed by atoms with E-state index in [1.807, 2.05) is 0 Å². The van der Waals surface area contributed by atoms with Crippen molar-refractivity contribution in [2.24, 2.45) is 0 Å². The second kappa shape index (κ2) is 6.00. The topological polar surface area (TPSA) is 0 Å². The van der Waals surface area contributed by atoms with Gasteiger partial charge in [0.25, 0.3) is 0 Å². The van der Waals surface area contributed by atoms with E-state index < -0.39 is 9.10 Å². The van der Waals surface area contributed by atoms with Gasteiger partial charge in [0.05, 0.1) is 0 Å². The van der Waals surface area contributed by atoms with Gasteiger partial charge in [-0.3, -0.25) is 0 Å². The fraction of sp³-hybridized carbons (Fsp3) is 1.00. The summed E-state index contributed by atoms with van der Waals surface area (Å²) < 4.78 is 0. The van der Waals surface area contributed by atoms with E-state index in [1.165, 1.54) is 43.7 Å². The zero-order valence-corrected chi connectivity index (χ0v) is 13.8. The second-order valence-corrected chi connectivity index (χ2v) is 37.2. The Morgan fingerprint density at radius 1 is 0.846 bits per heavy atom. The Balaban J connectivity index is 3.27. The minimum atomic E-state index is -1.70. The summed E-state index contributed by atoms with van der Waals surface area (Å²) in [6.07, 6.45) is 8.66. The molecule has 0 heterocycles. The van der Waals surface area contributed by atoms with Crippen LogP contribution < -0.4 is 0 Å². The normalized spacial score (nSPS) is 15.3. The van der Waals surface area contributed by atoms with Crippen LogP contribution in [-0.4, -0.2) is 9.10 Å². The van der Waals surface area contributed by atoms with Gasteiger partial charge in [-0.1, -0.05) is 0 Å². The first-order valence-corrected chi connectivity index (χ1v) is 18.2. The minimum absolute atomic E-state index is 1.37. The number of hydrogen-bond donors (Lipinski definition) is 0. The molecule has 0 amide bonds. The molecule has 0 radical (unpaired) electrons. The number of hydrogen-bond acceptors (Lipinski definition) is 0. The Hall–Kier alpha value is 1.29. The van der Waals surface area contributed by atoms with Crippen molar-refractivity contribution in [2.75, 3.05) is 0 Å². The van der Waals surface area contributed by atoms with E-state index in [1.54, 1.807) is 0 Å². The molecule has 0 spiro atoms. The third kappa shape index (κ3) is 13.3. The van der Waals surface area contributed by atoms with Crippen LogP contribution in [0.5, 0.6) is 0 Å². The van der Waals surface area contributed by atoms with Crippen LogP contribution in [-0.2, 0) is 0 Å². The molecule has 0 unspecified atom stereocenters. The van der Waals surface area contributed by atoms with Gasteiger partial charge in [-0.15, -0.1) is 0 Å². The van der Waals surface area contributed by atoms with Crippen molar-refractivity contribution in [1.29, 1.82) is 0 Å². The maximum absolute atomic E-state index is 2.76. The fourth-order valence-corrected chi connectivity index (χ4v) is 5.91. The molecule has 82 valence electrons. The molecule has 0 saturated heterocycles. The van der Waals surface area contributed by atoms with Crippen molar-refractivity contribution in [1.82, 2.24) is 0 Å². The van der Waals surface area contributed by atoms with Gasteiger partial charge in [-0.25, -0.2) is 0 Å². The van der Waals surface area contributed by atoms with Crippen molar-refractivity contribution in [3.63, 3.8) is 0 Å². The number of rotatable bonds is 7. The summed E-state index contributed by atoms with van der Waals surface area (Å²) in [7, 11) is -1.70. The summed E-state index contributed by atoms with van der Waals surface area (Å²) in [4.78, 5) is 0. The van der Waals surface area contributed by atoms with Crippen LogP contribution in [0.1, 0.15) is 45.4 Å². The molecular weight excluding hydrogens is 334 g/mol. The summed E-state index contributed by atoms with van der Waals surface area (Å²) in [6, 6.07) is 0. The molecule has 0 aliphatic rings. The van der Waals surface area contributed by atoms with E-state index in [0.29, 0.717) is 0 Å². The van der Waals surface area contributed by atoms with E-state index in [4.69, 9.17) is 0 Å². The molecule has 0 bridgehead atoms. The third-order valence-electron chi connectivity index (χ3n) is 2.27. The van der Waals surface area contributed by atoms with Crippen LogP contribution in [0.15, 0.2) is 0 Å². The molecule has 0 N–H and O–H groups in total. The molecule has 0 aromatic carbocycles. The van der Waals surface area contributed by atoms with Gasteiger partial charge in [0.2, 0.25) is 0 Å². The van der Waals surface area contributed by atoms with Gasteiger partial charge in [-0.2, -0.15) is 0 Å². The van der Waals surface area contributed by atoms with Gasteiger partial charge >= 0.3 is 97.0 Å². The average molecular weight is 360 g/mol. The van der Waals surface area contributed by atoms with Crippen LogP contribution in [0.2, 0.25) is 22.3 Å². The molecule has 0 nitrogen and oxygen atoms in total. The summed E-state index contributed by atoms with van der Waals surface area (Å²) in [5, 5.41) is 1.52. The molecule has 0 saturated carbocycles. The van der Waals surface area contributed by atoms with Crippen LogP contribution in [0.25, 0.3) is 0 Å². The van der Waals surface area contributed by atoms with E-state index in [0.717, 1.165) is 0 Å². The first-order valence-electron chi connectivity index (χ1n) is 5.53. The third-order valence-corrected chi connectivity index (χ3v) is 8.61. The molecule has 2 heteroatoms. The Bertz CT molecular complexity index is 126. The summed E-state index contributed by atoms with van der Waals surface area (Å²) >= 11 is 2.76. The predicted octanol–water partition coefficient (Wildman–Crippen LogP) is 5.57. The van der Waals surface area contributed by atoms with Crippen molar-refractivity contribution >= 4 is 29.2 Å². The van der Waals surface area contributed by atoms with Crippen molar-refractivity contribution in [3.05, 3.63) is 0 Å².